The molecule has 0 aliphatic heterocycles. The van der Waals surface area contributed by atoms with Crippen LogP contribution >= 0.6 is 0 Å². The Morgan fingerprint density at radius 3 is 2.53 bits per heavy atom. The van der Waals surface area contributed by atoms with Crippen molar-refractivity contribution in [2.24, 2.45) is 0 Å². The highest BCUT2D eigenvalue weighted by Crippen LogP contribution is 2.21. The highest BCUT2D eigenvalue weighted by atomic mass is 16.4. The topological polar surface area (TPSA) is 40.5 Å². The van der Waals surface area contributed by atoms with Crippen LogP contribution in [0.15, 0.2) is 24.3 Å². The molecular weight excluding hydrogens is 214 g/mol. The maximum absolute atomic E-state index is 10.7. The fraction of sp³-hybridized carbons (Fsp3) is 0.500. The van der Waals surface area contributed by atoms with Crippen LogP contribution in [0.1, 0.15) is 32.3 Å². The number of rotatable bonds is 7. The van der Waals surface area contributed by atoms with Crippen molar-refractivity contribution < 1.29 is 9.90 Å². The molecule has 17 heavy (non-hydrogen) atoms. The van der Waals surface area contributed by atoms with Crippen LogP contribution in [0.3, 0.4) is 0 Å². The molecule has 0 unspecified atom stereocenters. The lowest BCUT2D eigenvalue weighted by molar-refractivity contribution is -0.136. The van der Waals surface area contributed by atoms with Crippen LogP contribution in [-0.4, -0.2) is 24.2 Å². The molecule has 1 aromatic carbocycles. The summed E-state index contributed by atoms with van der Waals surface area (Å²) < 4.78 is 0. The SMILES string of the molecule is CCCN(CCC(=O)O)c1ccccc1CC. The van der Waals surface area contributed by atoms with E-state index < -0.39 is 5.97 Å². The summed E-state index contributed by atoms with van der Waals surface area (Å²) in [5, 5.41) is 8.78. The number of aliphatic carboxylic acids is 1. The molecule has 3 nitrogen and oxygen atoms in total. The summed E-state index contributed by atoms with van der Waals surface area (Å²) in [6, 6.07) is 8.23. The zero-order chi connectivity index (χ0) is 12.7. The molecule has 0 saturated carbocycles. The van der Waals surface area contributed by atoms with Gasteiger partial charge in [-0.2, -0.15) is 0 Å². The quantitative estimate of drug-likeness (QED) is 0.790. The Kier molecular flexibility index (Phi) is 5.53. The van der Waals surface area contributed by atoms with Gasteiger partial charge in [-0.15, -0.1) is 0 Å². The Hall–Kier alpha value is -1.51. The van der Waals surface area contributed by atoms with Crippen LogP contribution in [-0.2, 0) is 11.2 Å². The largest absolute Gasteiger partial charge is 0.481 e. The van der Waals surface area contributed by atoms with Gasteiger partial charge < -0.3 is 10.0 Å². The second kappa shape index (κ2) is 6.94. The summed E-state index contributed by atoms with van der Waals surface area (Å²) in [4.78, 5) is 12.8. The number of nitrogens with zero attached hydrogens (tertiary/aromatic N) is 1. The molecule has 0 heterocycles. The van der Waals surface area contributed by atoms with E-state index in [1.165, 1.54) is 11.3 Å². The van der Waals surface area contributed by atoms with Crippen LogP contribution in [0.4, 0.5) is 5.69 Å². The maximum atomic E-state index is 10.7. The Balaban J connectivity index is 2.84. The van der Waals surface area contributed by atoms with E-state index in [-0.39, 0.29) is 6.42 Å². The van der Waals surface area contributed by atoms with E-state index >= 15 is 0 Å². The standard InChI is InChI=1S/C14H21NO2/c1-3-10-15(11-9-14(16)17)13-8-6-5-7-12(13)4-2/h5-8H,3-4,9-11H2,1-2H3,(H,16,17). The molecule has 0 bridgehead atoms. The van der Waals surface area contributed by atoms with Crippen molar-refractivity contribution in [3.63, 3.8) is 0 Å². The predicted octanol–water partition coefficient (Wildman–Crippen LogP) is 2.94. The van der Waals surface area contributed by atoms with Gasteiger partial charge in [-0.1, -0.05) is 32.0 Å². The fourth-order valence-electron chi connectivity index (χ4n) is 1.97. The molecule has 1 rings (SSSR count). The van der Waals surface area contributed by atoms with E-state index in [0.717, 1.165) is 19.4 Å². The summed E-state index contributed by atoms with van der Waals surface area (Å²) >= 11 is 0. The van der Waals surface area contributed by atoms with Crippen molar-refractivity contribution in [2.75, 3.05) is 18.0 Å². The number of carbonyl (C=O) groups is 1. The van der Waals surface area contributed by atoms with Crippen molar-refractivity contribution in [3.8, 4) is 0 Å². The number of carboxylic acids is 1. The summed E-state index contributed by atoms with van der Waals surface area (Å²) in [6.45, 7) is 5.73. The summed E-state index contributed by atoms with van der Waals surface area (Å²) in [5.41, 5.74) is 2.46. The Morgan fingerprint density at radius 1 is 1.24 bits per heavy atom. The number of carboxylic acid groups (broad SMARTS) is 1. The van der Waals surface area contributed by atoms with Gasteiger partial charge in [0.2, 0.25) is 0 Å². The average Bonchev–Trinajstić information content (AvgIpc) is 2.34. The predicted molar refractivity (Wildman–Crippen MR) is 70.6 cm³/mol. The molecule has 0 aliphatic rings. The van der Waals surface area contributed by atoms with Crippen molar-refractivity contribution in [3.05, 3.63) is 29.8 Å². The first-order valence-electron chi connectivity index (χ1n) is 6.23. The van der Waals surface area contributed by atoms with Gasteiger partial charge in [0.05, 0.1) is 6.42 Å². The molecule has 3 heteroatoms. The number of anilines is 1. The molecule has 0 saturated heterocycles. The van der Waals surface area contributed by atoms with Crippen molar-refractivity contribution >= 4 is 11.7 Å². The third-order valence-corrected chi connectivity index (χ3v) is 2.80. The molecule has 1 N–H and O–H groups in total. The molecule has 0 atom stereocenters. The van der Waals surface area contributed by atoms with Gasteiger partial charge in [0.1, 0.15) is 0 Å². The Morgan fingerprint density at radius 2 is 1.94 bits per heavy atom. The zero-order valence-electron chi connectivity index (χ0n) is 10.6. The number of benzene rings is 1. The monoisotopic (exact) mass is 235 g/mol. The number of aryl methyl sites for hydroxylation is 1. The smallest absolute Gasteiger partial charge is 0.305 e. The van der Waals surface area contributed by atoms with Gasteiger partial charge in [-0.05, 0) is 24.5 Å². The number of para-hydroxylation sites is 1. The Bertz CT molecular complexity index is 363. The van der Waals surface area contributed by atoms with E-state index in [1.807, 2.05) is 12.1 Å². The van der Waals surface area contributed by atoms with Crippen LogP contribution in [0.25, 0.3) is 0 Å². The summed E-state index contributed by atoms with van der Waals surface area (Å²) in [5.74, 6) is -0.736. The first-order valence-corrected chi connectivity index (χ1v) is 6.23. The van der Waals surface area contributed by atoms with Gasteiger partial charge >= 0.3 is 5.97 Å². The number of hydrogen-bond acceptors (Lipinski definition) is 2. The first kappa shape index (κ1) is 13.6. The van der Waals surface area contributed by atoms with Gasteiger partial charge in [0.15, 0.2) is 0 Å². The molecule has 0 radical (unpaired) electrons. The van der Waals surface area contributed by atoms with Crippen LogP contribution in [0, 0.1) is 0 Å². The lowest BCUT2D eigenvalue weighted by atomic mass is 10.1. The zero-order valence-corrected chi connectivity index (χ0v) is 10.6. The molecule has 0 spiro atoms. The summed E-state index contributed by atoms with van der Waals surface area (Å²) in [6.07, 6.45) is 2.19. The molecule has 1 aromatic rings. The lowest BCUT2D eigenvalue weighted by Gasteiger charge is -2.26. The first-order chi connectivity index (χ1) is 8.19. The van der Waals surface area contributed by atoms with E-state index in [1.54, 1.807) is 0 Å². The molecule has 0 aromatic heterocycles. The van der Waals surface area contributed by atoms with E-state index in [2.05, 4.69) is 30.9 Å². The third kappa shape index (κ3) is 4.10. The van der Waals surface area contributed by atoms with Crippen molar-refractivity contribution in [1.29, 1.82) is 0 Å². The van der Waals surface area contributed by atoms with Gasteiger partial charge in [0, 0.05) is 18.8 Å². The highest BCUT2D eigenvalue weighted by Gasteiger charge is 2.10. The van der Waals surface area contributed by atoms with Crippen LogP contribution in [0.2, 0.25) is 0 Å². The minimum Gasteiger partial charge on any atom is -0.481 e. The minimum absolute atomic E-state index is 0.193. The van der Waals surface area contributed by atoms with Crippen LogP contribution in [0.5, 0.6) is 0 Å². The molecule has 0 fully saturated rings. The lowest BCUT2D eigenvalue weighted by Crippen LogP contribution is -2.27. The van der Waals surface area contributed by atoms with Crippen LogP contribution < -0.4 is 4.90 Å². The fourth-order valence-corrected chi connectivity index (χ4v) is 1.97. The second-order valence-corrected chi connectivity index (χ2v) is 4.11. The molecule has 94 valence electrons. The summed E-state index contributed by atoms with van der Waals surface area (Å²) in [7, 11) is 0. The van der Waals surface area contributed by atoms with Gasteiger partial charge in [-0.3, -0.25) is 4.79 Å². The maximum Gasteiger partial charge on any atom is 0.305 e. The molecular formula is C14H21NO2. The van der Waals surface area contributed by atoms with Crippen molar-refractivity contribution in [2.45, 2.75) is 33.1 Å². The third-order valence-electron chi connectivity index (χ3n) is 2.80. The van der Waals surface area contributed by atoms with E-state index in [0.29, 0.717) is 6.54 Å². The van der Waals surface area contributed by atoms with Gasteiger partial charge in [0.25, 0.3) is 0 Å². The Labute approximate surface area is 103 Å². The van der Waals surface area contributed by atoms with Crippen molar-refractivity contribution in [1.82, 2.24) is 0 Å². The van der Waals surface area contributed by atoms with Gasteiger partial charge in [-0.25, -0.2) is 0 Å². The minimum atomic E-state index is -0.736. The normalized spacial score (nSPS) is 10.2. The van der Waals surface area contributed by atoms with E-state index in [4.69, 9.17) is 5.11 Å². The van der Waals surface area contributed by atoms with E-state index in [9.17, 15) is 4.79 Å². The molecule has 0 amide bonds. The second-order valence-electron chi connectivity index (χ2n) is 4.11. The molecule has 0 aliphatic carbocycles. The highest BCUT2D eigenvalue weighted by molar-refractivity contribution is 5.68. The average molecular weight is 235 g/mol. The number of hydrogen-bond donors (Lipinski definition) is 1.